The van der Waals surface area contributed by atoms with Crippen molar-refractivity contribution in [1.82, 2.24) is 5.32 Å². The van der Waals surface area contributed by atoms with Gasteiger partial charge in [-0.25, -0.2) is 4.79 Å². The smallest absolute Gasteiger partial charge is 0.329 e. The lowest BCUT2D eigenvalue weighted by Crippen LogP contribution is -2.48. The number of nitrogens with zero attached hydrogens (tertiary/aromatic N) is 1. The zero-order valence-corrected chi connectivity index (χ0v) is 15.2. The topological polar surface area (TPSA) is 139 Å². The van der Waals surface area contributed by atoms with Crippen LogP contribution in [0.25, 0.3) is 0 Å². The number of rotatable bonds is 10. The number of likely N-dealkylation sites (N-methyl/N-ethyl adjacent to an activating group) is 1. The number of primary amides is 1. The van der Waals surface area contributed by atoms with Gasteiger partial charge in [-0.2, -0.15) is 0 Å². The first-order valence-electron chi connectivity index (χ1n) is 7.17. The Morgan fingerprint density at radius 3 is 2.12 bits per heavy atom. The number of esters is 1. The van der Waals surface area contributed by atoms with E-state index in [1.165, 1.54) is 6.92 Å². The molecule has 9 nitrogen and oxygen atoms in total. The molecule has 0 bridgehead atoms. The number of nitrogens with one attached hydrogen (secondary N) is 1. The van der Waals surface area contributed by atoms with E-state index in [0.717, 1.165) is 0 Å². The van der Waals surface area contributed by atoms with E-state index < -0.39 is 42.3 Å². The van der Waals surface area contributed by atoms with Crippen LogP contribution >= 0.6 is 12.4 Å². The molecule has 2 atom stereocenters. The molecule has 10 heteroatoms. The summed E-state index contributed by atoms with van der Waals surface area (Å²) in [4.78, 5) is 44.9. The Hall–Kier alpha value is -1.87. The minimum atomic E-state index is -1.34. The maximum absolute atomic E-state index is 12.2. The summed E-state index contributed by atoms with van der Waals surface area (Å²) in [7, 11) is 5.44. The first-order valence-corrected chi connectivity index (χ1v) is 7.17. The summed E-state index contributed by atoms with van der Waals surface area (Å²) in [6, 6.07) is -1.06. The Morgan fingerprint density at radius 2 is 1.75 bits per heavy atom. The molecule has 2 amide bonds. The number of carboxylic acids is 1. The van der Waals surface area contributed by atoms with E-state index in [0.29, 0.717) is 4.48 Å². The number of aliphatic carboxylic acids is 1. The van der Waals surface area contributed by atoms with Crippen molar-refractivity contribution in [2.24, 2.45) is 5.73 Å². The number of nitrogens with two attached hydrogens (primary N) is 1. The van der Waals surface area contributed by atoms with Crippen LogP contribution in [0.15, 0.2) is 0 Å². The average molecular weight is 368 g/mol. The lowest BCUT2D eigenvalue weighted by molar-refractivity contribution is -0.873. The van der Waals surface area contributed by atoms with Gasteiger partial charge in [0.15, 0.2) is 6.10 Å². The van der Waals surface area contributed by atoms with E-state index >= 15 is 0 Å². The van der Waals surface area contributed by atoms with E-state index in [4.69, 9.17) is 10.5 Å². The van der Waals surface area contributed by atoms with Gasteiger partial charge in [0.2, 0.25) is 11.8 Å². The highest BCUT2D eigenvalue weighted by atomic mass is 35.5. The van der Waals surface area contributed by atoms with Crippen LogP contribution in [0, 0.1) is 0 Å². The molecular weight excluding hydrogens is 342 g/mol. The summed E-state index contributed by atoms with van der Waals surface area (Å²) < 4.78 is 5.56. The van der Waals surface area contributed by atoms with Crippen molar-refractivity contribution in [3.63, 3.8) is 0 Å². The molecule has 0 saturated heterocycles. The summed E-state index contributed by atoms with van der Waals surface area (Å²) in [5, 5.41) is 13.2. The first-order chi connectivity index (χ1) is 10.4. The maximum atomic E-state index is 12.2. The summed E-state index contributed by atoms with van der Waals surface area (Å²) in [5.74, 6) is -3.24. The second-order valence-electron chi connectivity index (χ2n) is 6.37. The SMILES string of the molecule is CC(=O)N[C@@H](CCC(N)=O)C(=O)OC(CC(=O)[O-])C[N+](C)(C)C.Cl. The van der Waals surface area contributed by atoms with Gasteiger partial charge >= 0.3 is 5.97 Å². The van der Waals surface area contributed by atoms with Crippen LogP contribution in [0.5, 0.6) is 0 Å². The van der Waals surface area contributed by atoms with Crippen molar-refractivity contribution in [1.29, 1.82) is 0 Å². The van der Waals surface area contributed by atoms with E-state index in [2.05, 4.69) is 5.32 Å². The molecule has 0 saturated carbocycles. The number of hydrogen-bond donors (Lipinski definition) is 2. The summed E-state index contributed by atoms with van der Waals surface area (Å²) in [6.45, 7) is 1.47. The second-order valence-corrected chi connectivity index (χ2v) is 6.37. The quantitative estimate of drug-likeness (QED) is 0.336. The molecule has 1 unspecified atom stereocenters. The minimum Gasteiger partial charge on any atom is -0.550 e. The molecule has 140 valence electrons. The first kappa shape index (κ1) is 24.4. The standard InChI is InChI=1S/C14H25N3O6.ClH/c1-9(18)16-11(5-6-12(15)19)14(22)23-10(7-13(20)21)8-17(2,3)4;/h10-11H,5-8H2,1-4H3,(H3-,15,16,18,19,20,21);1H/t10?,11-;/m0./s1. The van der Waals surface area contributed by atoms with Crippen molar-refractivity contribution >= 4 is 36.2 Å². The van der Waals surface area contributed by atoms with Crippen LogP contribution in [-0.2, 0) is 23.9 Å². The summed E-state index contributed by atoms with van der Waals surface area (Å²) in [6.07, 6.45) is -1.49. The molecule has 0 aromatic carbocycles. The van der Waals surface area contributed by atoms with Crippen LogP contribution in [0.3, 0.4) is 0 Å². The van der Waals surface area contributed by atoms with Crippen molar-refractivity contribution in [3.05, 3.63) is 0 Å². The van der Waals surface area contributed by atoms with Gasteiger partial charge in [-0.3, -0.25) is 9.59 Å². The predicted molar refractivity (Wildman–Crippen MR) is 85.7 cm³/mol. The fraction of sp³-hybridized carbons (Fsp3) is 0.714. The number of hydrogen-bond acceptors (Lipinski definition) is 6. The average Bonchev–Trinajstić information content (AvgIpc) is 2.30. The number of ether oxygens (including phenoxy) is 1. The molecule has 0 fully saturated rings. The van der Waals surface area contributed by atoms with Crippen molar-refractivity contribution < 1.29 is 33.5 Å². The summed E-state index contributed by atoms with van der Waals surface area (Å²) in [5.41, 5.74) is 5.03. The lowest BCUT2D eigenvalue weighted by Gasteiger charge is -2.30. The molecule has 0 aliphatic carbocycles. The van der Waals surface area contributed by atoms with Crippen LogP contribution in [0.4, 0.5) is 0 Å². The third-order valence-corrected chi connectivity index (χ3v) is 2.77. The largest absolute Gasteiger partial charge is 0.550 e. The molecular formula is C14H26ClN3O6. The Kier molecular flexibility index (Phi) is 11.0. The highest BCUT2D eigenvalue weighted by Gasteiger charge is 2.27. The van der Waals surface area contributed by atoms with Gasteiger partial charge in [-0.15, -0.1) is 12.4 Å². The van der Waals surface area contributed by atoms with Crippen molar-refractivity contribution in [2.45, 2.75) is 38.3 Å². The van der Waals surface area contributed by atoms with Crippen LogP contribution in [0.1, 0.15) is 26.2 Å². The van der Waals surface area contributed by atoms with Crippen molar-refractivity contribution in [3.8, 4) is 0 Å². The predicted octanol–water partition coefficient (Wildman–Crippen LogP) is -2.06. The van der Waals surface area contributed by atoms with Gasteiger partial charge in [0, 0.05) is 25.7 Å². The van der Waals surface area contributed by atoms with E-state index in [9.17, 15) is 24.3 Å². The number of carbonyl (C=O) groups is 4. The molecule has 0 heterocycles. The Labute approximate surface area is 147 Å². The van der Waals surface area contributed by atoms with Gasteiger partial charge in [0.05, 0.1) is 21.1 Å². The normalized spacial score (nSPS) is 13.2. The highest BCUT2D eigenvalue weighted by Crippen LogP contribution is 2.08. The second kappa shape index (κ2) is 10.8. The Balaban J connectivity index is 0. The molecule has 0 aliphatic heterocycles. The van der Waals surface area contributed by atoms with Gasteiger partial charge in [-0.05, 0) is 6.42 Å². The number of halogens is 1. The molecule has 0 spiro atoms. The molecule has 3 N–H and O–H groups in total. The van der Waals surface area contributed by atoms with Crippen LogP contribution < -0.4 is 16.2 Å². The summed E-state index contributed by atoms with van der Waals surface area (Å²) >= 11 is 0. The highest BCUT2D eigenvalue weighted by molar-refractivity contribution is 5.85. The molecule has 0 rings (SSSR count). The zero-order chi connectivity index (χ0) is 18.2. The number of amides is 2. The zero-order valence-electron chi connectivity index (χ0n) is 14.4. The lowest BCUT2D eigenvalue weighted by atomic mass is 10.1. The van der Waals surface area contributed by atoms with Gasteiger partial charge in [-0.1, -0.05) is 0 Å². The molecule has 0 aromatic heterocycles. The Morgan fingerprint density at radius 1 is 1.21 bits per heavy atom. The van der Waals surface area contributed by atoms with Gasteiger partial charge in [0.1, 0.15) is 12.6 Å². The third-order valence-electron chi connectivity index (χ3n) is 2.77. The number of carboxylic acid groups (broad SMARTS) is 1. The van der Waals surface area contributed by atoms with Gasteiger partial charge < -0.3 is 30.2 Å². The van der Waals surface area contributed by atoms with Crippen LogP contribution in [0.2, 0.25) is 0 Å². The van der Waals surface area contributed by atoms with E-state index in [-0.39, 0.29) is 31.8 Å². The number of carbonyl (C=O) groups excluding carboxylic acids is 4. The number of quaternary nitrogens is 1. The van der Waals surface area contributed by atoms with Crippen molar-refractivity contribution in [2.75, 3.05) is 27.7 Å². The molecule has 24 heavy (non-hydrogen) atoms. The maximum Gasteiger partial charge on any atom is 0.329 e. The fourth-order valence-corrected chi connectivity index (χ4v) is 1.97. The fourth-order valence-electron chi connectivity index (χ4n) is 1.97. The third kappa shape index (κ3) is 12.7. The molecule has 0 radical (unpaired) electrons. The Bertz CT molecular complexity index is 464. The minimum absolute atomic E-state index is 0. The van der Waals surface area contributed by atoms with Crippen LogP contribution in [-0.4, -0.2) is 68.1 Å². The van der Waals surface area contributed by atoms with E-state index in [1.807, 2.05) is 21.1 Å². The molecule has 0 aliphatic rings. The monoisotopic (exact) mass is 367 g/mol. The van der Waals surface area contributed by atoms with Gasteiger partial charge in [0.25, 0.3) is 0 Å². The van der Waals surface area contributed by atoms with E-state index in [1.54, 1.807) is 0 Å². The molecule has 0 aromatic rings.